The van der Waals surface area contributed by atoms with Gasteiger partial charge in [0.25, 0.3) is 0 Å². The number of ether oxygens (including phenoxy) is 1. The fraction of sp³-hybridized carbons (Fsp3) is 0.778. The van der Waals surface area contributed by atoms with Gasteiger partial charge in [0.1, 0.15) is 0 Å². The molecule has 5 heteroatoms. The van der Waals surface area contributed by atoms with Crippen molar-refractivity contribution in [2.45, 2.75) is 25.6 Å². The highest BCUT2D eigenvalue weighted by Crippen LogP contribution is 2.48. The van der Waals surface area contributed by atoms with Gasteiger partial charge >= 0.3 is 11.9 Å². The van der Waals surface area contributed by atoms with Crippen molar-refractivity contribution in [1.29, 1.82) is 0 Å². The van der Waals surface area contributed by atoms with Crippen LogP contribution >= 0.6 is 0 Å². The molecule has 1 saturated carbocycles. The molecule has 14 heavy (non-hydrogen) atoms. The molecule has 0 amide bonds. The maximum Gasteiger partial charge on any atom is 0.312 e. The van der Waals surface area contributed by atoms with Crippen LogP contribution in [0.15, 0.2) is 0 Å². The Bertz CT molecular complexity index is 300. The molecule has 0 unspecified atom stereocenters. The number of fused-ring (bicyclic) bond motifs is 2. The predicted molar refractivity (Wildman–Crippen MR) is 44.1 cm³/mol. The van der Waals surface area contributed by atoms with Crippen LogP contribution < -0.4 is 0 Å². The van der Waals surface area contributed by atoms with E-state index in [4.69, 9.17) is 9.84 Å². The number of aliphatic carboxylic acids is 1. The largest absolute Gasteiger partial charge is 0.481 e. The average molecular weight is 200 g/mol. The van der Waals surface area contributed by atoms with Crippen LogP contribution in [0.5, 0.6) is 0 Å². The summed E-state index contributed by atoms with van der Waals surface area (Å²) >= 11 is 0. The number of esters is 1. The molecule has 5 nitrogen and oxygen atoms in total. The van der Waals surface area contributed by atoms with E-state index >= 15 is 0 Å². The van der Waals surface area contributed by atoms with Crippen LogP contribution in [0.1, 0.15) is 19.8 Å². The van der Waals surface area contributed by atoms with Crippen LogP contribution in [0, 0.1) is 17.8 Å². The zero-order valence-corrected chi connectivity index (χ0v) is 7.77. The fourth-order valence-corrected chi connectivity index (χ4v) is 2.43. The van der Waals surface area contributed by atoms with Gasteiger partial charge in [0.2, 0.25) is 5.79 Å². The Hall–Kier alpha value is -1.10. The van der Waals surface area contributed by atoms with Gasteiger partial charge < -0.3 is 14.9 Å². The van der Waals surface area contributed by atoms with E-state index in [2.05, 4.69) is 0 Å². The highest BCUT2D eigenvalue weighted by atomic mass is 16.7. The highest BCUT2D eigenvalue weighted by Gasteiger charge is 2.60. The number of hydrogen-bond donors (Lipinski definition) is 2. The van der Waals surface area contributed by atoms with Crippen molar-refractivity contribution in [3.8, 4) is 0 Å². The summed E-state index contributed by atoms with van der Waals surface area (Å²) in [6, 6.07) is 0. The van der Waals surface area contributed by atoms with Crippen LogP contribution in [0.4, 0.5) is 0 Å². The molecular weight excluding hydrogens is 188 g/mol. The van der Waals surface area contributed by atoms with Crippen LogP contribution in [0.2, 0.25) is 0 Å². The Labute approximate surface area is 80.7 Å². The van der Waals surface area contributed by atoms with Crippen molar-refractivity contribution >= 4 is 11.9 Å². The van der Waals surface area contributed by atoms with Gasteiger partial charge in [-0.2, -0.15) is 0 Å². The van der Waals surface area contributed by atoms with Crippen molar-refractivity contribution in [3.63, 3.8) is 0 Å². The van der Waals surface area contributed by atoms with E-state index < -0.39 is 35.5 Å². The van der Waals surface area contributed by atoms with Gasteiger partial charge in [0.15, 0.2) is 0 Å². The average Bonchev–Trinajstić information content (AvgIpc) is 2.25. The maximum atomic E-state index is 11.3. The molecule has 2 rings (SSSR count). The minimum absolute atomic E-state index is 0.216. The second-order valence-electron chi connectivity index (χ2n) is 4.06. The third kappa shape index (κ3) is 1.05. The Morgan fingerprint density at radius 1 is 1.64 bits per heavy atom. The summed E-state index contributed by atoms with van der Waals surface area (Å²) in [7, 11) is 0. The van der Waals surface area contributed by atoms with Crippen molar-refractivity contribution in [3.05, 3.63) is 0 Å². The molecule has 1 aliphatic carbocycles. The van der Waals surface area contributed by atoms with E-state index in [0.29, 0.717) is 6.42 Å². The van der Waals surface area contributed by atoms with Crippen LogP contribution in [-0.2, 0) is 14.3 Å². The van der Waals surface area contributed by atoms with Gasteiger partial charge in [-0.1, -0.05) is 6.92 Å². The van der Waals surface area contributed by atoms with E-state index in [1.807, 2.05) is 0 Å². The molecular formula is C9H12O5. The molecule has 1 aliphatic heterocycles. The lowest BCUT2D eigenvalue weighted by Gasteiger charge is -2.33. The quantitative estimate of drug-likeness (QED) is 0.581. The molecule has 0 aromatic rings. The van der Waals surface area contributed by atoms with Gasteiger partial charge in [-0.25, -0.2) is 0 Å². The minimum Gasteiger partial charge on any atom is -0.481 e. The summed E-state index contributed by atoms with van der Waals surface area (Å²) in [5, 5.41) is 18.7. The summed E-state index contributed by atoms with van der Waals surface area (Å²) in [6.45, 7) is 1.66. The van der Waals surface area contributed by atoms with Gasteiger partial charge in [-0.3, -0.25) is 9.59 Å². The SMILES string of the molecule is C[C@H]1[C@H]2C(=O)O[C@@]1(O)CC[C@@H]2C(=O)O. The molecule has 2 aliphatic rings. The number of aliphatic hydroxyl groups is 1. The lowest BCUT2D eigenvalue weighted by atomic mass is 9.72. The number of carboxylic acid groups (broad SMARTS) is 1. The van der Waals surface area contributed by atoms with E-state index in [1.54, 1.807) is 6.92 Å². The molecule has 0 spiro atoms. The number of rotatable bonds is 1. The number of carbonyl (C=O) groups is 2. The van der Waals surface area contributed by atoms with E-state index in [-0.39, 0.29) is 6.42 Å². The zero-order valence-electron chi connectivity index (χ0n) is 7.77. The Morgan fingerprint density at radius 2 is 2.29 bits per heavy atom. The van der Waals surface area contributed by atoms with Crippen LogP contribution in [0.25, 0.3) is 0 Å². The standard InChI is InChI=1S/C9H12O5/c1-4-6-5(7(10)11)2-3-9(4,13)14-8(6)12/h4-6,13H,2-3H2,1H3,(H,10,11)/t4-,5-,6+,9-/m0/s1. The highest BCUT2D eigenvalue weighted by molar-refractivity contribution is 5.83. The third-order valence-electron chi connectivity index (χ3n) is 3.36. The predicted octanol–water partition coefficient (Wildman–Crippen LogP) is -0.0213. The van der Waals surface area contributed by atoms with Crippen molar-refractivity contribution in [2.24, 2.45) is 17.8 Å². The first-order valence-corrected chi connectivity index (χ1v) is 4.64. The Kier molecular flexibility index (Phi) is 1.82. The first-order chi connectivity index (χ1) is 6.46. The maximum absolute atomic E-state index is 11.3. The Morgan fingerprint density at radius 3 is 2.86 bits per heavy atom. The van der Waals surface area contributed by atoms with Gasteiger partial charge in [-0.15, -0.1) is 0 Å². The lowest BCUT2D eigenvalue weighted by molar-refractivity contribution is -0.206. The zero-order chi connectivity index (χ0) is 10.5. The fourth-order valence-electron chi connectivity index (χ4n) is 2.43. The van der Waals surface area contributed by atoms with E-state index in [9.17, 15) is 14.7 Å². The second-order valence-corrected chi connectivity index (χ2v) is 4.06. The summed E-state index contributed by atoms with van der Waals surface area (Å²) < 4.78 is 4.82. The van der Waals surface area contributed by atoms with Crippen molar-refractivity contribution < 1.29 is 24.5 Å². The molecule has 0 aromatic carbocycles. The van der Waals surface area contributed by atoms with Crippen molar-refractivity contribution in [1.82, 2.24) is 0 Å². The van der Waals surface area contributed by atoms with Gasteiger partial charge in [-0.05, 0) is 6.42 Å². The van der Waals surface area contributed by atoms with Crippen molar-refractivity contribution in [2.75, 3.05) is 0 Å². The van der Waals surface area contributed by atoms with Crippen LogP contribution in [-0.4, -0.2) is 27.9 Å². The minimum atomic E-state index is -1.42. The van der Waals surface area contributed by atoms with Gasteiger partial charge in [0.05, 0.1) is 11.8 Å². The second kappa shape index (κ2) is 2.70. The van der Waals surface area contributed by atoms with E-state index in [0.717, 1.165) is 0 Å². The van der Waals surface area contributed by atoms with E-state index in [1.165, 1.54) is 0 Å². The normalized spacial score (nSPS) is 46.1. The summed E-state index contributed by atoms with van der Waals surface area (Å²) in [6.07, 6.45) is 0.514. The molecule has 78 valence electrons. The first-order valence-electron chi connectivity index (χ1n) is 4.64. The molecule has 2 bridgehead atoms. The summed E-state index contributed by atoms with van der Waals surface area (Å²) in [4.78, 5) is 22.2. The molecule has 0 aromatic heterocycles. The number of carboxylic acids is 1. The molecule has 2 fully saturated rings. The molecule has 4 atom stereocenters. The topological polar surface area (TPSA) is 83.8 Å². The molecule has 1 saturated heterocycles. The summed E-state index contributed by atoms with van der Waals surface area (Å²) in [5.41, 5.74) is 0. The summed E-state index contributed by atoms with van der Waals surface area (Å²) in [5.74, 6) is -4.81. The lowest BCUT2D eigenvalue weighted by Crippen LogP contribution is -2.43. The number of hydrogen-bond acceptors (Lipinski definition) is 4. The monoisotopic (exact) mass is 200 g/mol. The third-order valence-corrected chi connectivity index (χ3v) is 3.36. The first kappa shape index (κ1) is 9.45. The van der Waals surface area contributed by atoms with Crippen LogP contribution in [0.3, 0.4) is 0 Å². The molecule has 2 N–H and O–H groups in total. The van der Waals surface area contributed by atoms with Gasteiger partial charge in [0, 0.05) is 12.3 Å². The number of carbonyl (C=O) groups excluding carboxylic acids is 1. The molecule has 0 radical (unpaired) electrons. The molecule has 1 heterocycles. The Balaban J connectivity index is 2.33. The smallest absolute Gasteiger partial charge is 0.312 e.